The van der Waals surface area contributed by atoms with Crippen molar-refractivity contribution in [2.75, 3.05) is 13.1 Å². The Morgan fingerprint density at radius 3 is 2.82 bits per heavy atom. The SMILES string of the molecule is C#CCN(CCC)C(=O)c1ccc(F)c(S)c1. The molecule has 0 aliphatic heterocycles. The Morgan fingerprint density at radius 2 is 2.29 bits per heavy atom. The molecular weight excluding hydrogens is 237 g/mol. The second-order valence-electron chi connectivity index (χ2n) is 3.60. The maximum absolute atomic E-state index is 13.0. The molecule has 1 aromatic rings. The number of benzene rings is 1. The van der Waals surface area contributed by atoms with Gasteiger partial charge in [0.15, 0.2) is 0 Å². The molecule has 0 spiro atoms. The van der Waals surface area contributed by atoms with Crippen molar-refractivity contribution < 1.29 is 9.18 Å². The van der Waals surface area contributed by atoms with Gasteiger partial charge in [-0.15, -0.1) is 19.1 Å². The normalized spacial score (nSPS) is 9.76. The van der Waals surface area contributed by atoms with E-state index in [4.69, 9.17) is 6.42 Å². The van der Waals surface area contributed by atoms with Crippen LogP contribution >= 0.6 is 12.6 Å². The van der Waals surface area contributed by atoms with Crippen molar-refractivity contribution in [2.24, 2.45) is 0 Å². The first-order valence-corrected chi connectivity index (χ1v) is 5.76. The zero-order valence-corrected chi connectivity index (χ0v) is 10.5. The van der Waals surface area contributed by atoms with Gasteiger partial charge in [0.1, 0.15) is 5.82 Å². The molecule has 0 bridgehead atoms. The number of rotatable bonds is 4. The van der Waals surface area contributed by atoms with E-state index < -0.39 is 5.82 Å². The van der Waals surface area contributed by atoms with E-state index in [2.05, 4.69) is 18.5 Å². The van der Waals surface area contributed by atoms with Crippen LogP contribution in [-0.2, 0) is 0 Å². The van der Waals surface area contributed by atoms with Gasteiger partial charge in [-0.2, -0.15) is 0 Å². The highest BCUT2D eigenvalue weighted by Gasteiger charge is 2.14. The van der Waals surface area contributed by atoms with Crippen molar-refractivity contribution in [1.29, 1.82) is 0 Å². The first-order chi connectivity index (χ1) is 8.10. The smallest absolute Gasteiger partial charge is 0.254 e. The van der Waals surface area contributed by atoms with Gasteiger partial charge in [-0.1, -0.05) is 12.8 Å². The molecule has 2 nitrogen and oxygen atoms in total. The minimum absolute atomic E-state index is 0.160. The summed E-state index contributed by atoms with van der Waals surface area (Å²) in [7, 11) is 0. The van der Waals surface area contributed by atoms with E-state index in [0.717, 1.165) is 6.42 Å². The zero-order valence-electron chi connectivity index (χ0n) is 9.61. The number of nitrogens with zero attached hydrogens (tertiary/aromatic N) is 1. The Kier molecular flexibility index (Phi) is 5.05. The van der Waals surface area contributed by atoms with Gasteiger partial charge < -0.3 is 4.90 Å². The Bertz CT molecular complexity index is 453. The highest BCUT2D eigenvalue weighted by molar-refractivity contribution is 7.80. The van der Waals surface area contributed by atoms with Crippen LogP contribution in [0.2, 0.25) is 0 Å². The van der Waals surface area contributed by atoms with Crippen LogP contribution in [-0.4, -0.2) is 23.9 Å². The zero-order chi connectivity index (χ0) is 12.8. The lowest BCUT2D eigenvalue weighted by molar-refractivity contribution is 0.0776. The number of halogens is 1. The molecule has 0 aliphatic rings. The van der Waals surface area contributed by atoms with Gasteiger partial charge in [0.2, 0.25) is 0 Å². The summed E-state index contributed by atoms with van der Waals surface area (Å²) >= 11 is 3.95. The summed E-state index contributed by atoms with van der Waals surface area (Å²) in [5, 5.41) is 0. The summed E-state index contributed by atoms with van der Waals surface area (Å²) in [6.07, 6.45) is 6.03. The lowest BCUT2D eigenvalue weighted by Gasteiger charge is -2.19. The van der Waals surface area contributed by atoms with E-state index in [0.29, 0.717) is 12.1 Å². The molecule has 0 heterocycles. The molecule has 17 heavy (non-hydrogen) atoms. The second-order valence-corrected chi connectivity index (χ2v) is 4.08. The number of carbonyl (C=O) groups is 1. The van der Waals surface area contributed by atoms with Crippen LogP contribution in [0.3, 0.4) is 0 Å². The molecule has 0 saturated heterocycles. The molecule has 1 amide bonds. The summed E-state index contributed by atoms with van der Waals surface area (Å²) in [6, 6.07) is 4.09. The van der Waals surface area contributed by atoms with Gasteiger partial charge in [0.25, 0.3) is 5.91 Å². The van der Waals surface area contributed by atoms with Crippen LogP contribution in [0.15, 0.2) is 23.1 Å². The Balaban J connectivity index is 2.93. The molecule has 4 heteroatoms. The summed E-state index contributed by atoms with van der Waals surface area (Å²) < 4.78 is 13.0. The summed E-state index contributed by atoms with van der Waals surface area (Å²) in [5.74, 6) is 1.81. The van der Waals surface area contributed by atoms with E-state index in [9.17, 15) is 9.18 Å². The van der Waals surface area contributed by atoms with Crippen LogP contribution in [0.1, 0.15) is 23.7 Å². The van der Waals surface area contributed by atoms with Crippen LogP contribution in [0.5, 0.6) is 0 Å². The standard InChI is InChI=1S/C13H14FNOS/c1-3-7-15(8-4-2)13(16)10-5-6-11(14)12(17)9-10/h1,5-6,9,17H,4,7-8H2,2H3. The average Bonchev–Trinajstić information content (AvgIpc) is 2.31. The van der Waals surface area contributed by atoms with Crippen molar-refractivity contribution in [3.05, 3.63) is 29.6 Å². The fraction of sp³-hybridized carbons (Fsp3) is 0.308. The molecular formula is C13H14FNOS. The second kappa shape index (κ2) is 6.31. The molecule has 0 fully saturated rings. The van der Waals surface area contributed by atoms with Gasteiger partial charge in [-0.3, -0.25) is 4.79 Å². The molecule has 0 N–H and O–H groups in total. The Labute approximate surface area is 106 Å². The molecule has 0 radical (unpaired) electrons. The van der Waals surface area contributed by atoms with Crippen molar-refractivity contribution in [3.63, 3.8) is 0 Å². The fourth-order valence-corrected chi connectivity index (χ4v) is 1.67. The maximum atomic E-state index is 13.0. The highest BCUT2D eigenvalue weighted by atomic mass is 32.1. The first-order valence-electron chi connectivity index (χ1n) is 5.31. The van der Waals surface area contributed by atoms with E-state index in [1.165, 1.54) is 18.2 Å². The monoisotopic (exact) mass is 251 g/mol. The average molecular weight is 251 g/mol. The van der Waals surface area contributed by atoms with E-state index in [1.54, 1.807) is 4.90 Å². The number of terminal acetylenes is 1. The number of hydrogen-bond acceptors (Lipinski definition) is 2. The largest absolute Gasteiger partial charge is 0.328 e. The van der Waals surface area contributed by atoms with E-state index in [1.807, 2.05) is 6.92 Å². The van der Waals surface area contributed by atoms with Gasteiger partial charge in [0, 0.05) is 17.0 Å². The van der Waals surface area contributed by atoms with Crippen molar-refractivity contribution in [3.8, 4) is 12.3 Å². The van der Waals surface area contributed by atoms with Gasteiger partial charge in [0.05, 0.1) is 6.54 Å². The molecule has 1 aromatic carbocycles. The van der Waals surface area contributed by atoms with Gasteiger partial charge >= 0.3 is 0 Å². The van der Waals surface area contributed by atoms with Crippen LogP contribution in [0.25, 0.3) is 0 Å². The predicted molar refractivity (Wildman–Crippen MR) is 68.7 cm³/mol. The lowest BCUT2D eigenvalue weighted by Crippen LogP contribution is -2.32. The third-order valence-electron chi connectivity index (χ3n) is 2.26. The fourth-order valence-electron chi connectivity index (χ4n) is 1.46. The van der Waals surface area contributed by atoms with E-state index >= 15 is 0 Å². The van der Waals surface area contributed by atoms with Crippen LogP contribution in [0, 0.1) is 18.2 Å². The molecule has 90 valence electrons. The molecule has 1 rings (SSSR count). The molecule has 0 aromatic heterocycles. The summed E-state index contributed by atoms with van der Waals surface area (Å²) in [5.41, 5.74) is 0.403. The van der Waals surface area contributed by atoms with Crippen molar-refractivity contribution in [2.45, 2.75) is 18.2 Å². The van der Waals surface area contributed by atoms with Crippen LogP contribution < -0.4 is 0 Å². The van der Waals surface area contributed by atoms with E-state index in [-0.39, 0.29) is 17.3 Å². The summed E-state index contributed by atoms with van der Waals surface area (Å²) in [4.78, 5) is 13.8. The van der Waals surface area contributed by atoms with Gasteiger partial charge in [-0.05, 0) is 24.6 Å². The third kappa shape index (κ3) is 3.50. The Hall–Kier alpha value is -1.47. The number of amides is 1. The first kappa shape index (κ1) is 13.6. The topological polar surface area (TPSA) is 20.3 Å². The number of hydrogen-bond donors (Lipinski definition) is 1. The van der Waals surface area contributed by atoms with Crippen molar-refractivity contribution in [1.82, 2.24) is 4.90 Å². The molecule has 0 aliphatic carbocycles. The molecule has 0 unspecified atom stereocenters. The summed E-state index contributed by atoms with van der Waals surface area (Å²) in [6.45, 7) is 2.81. The number of carbonyl (C=O) groups excluding carboxylic acids is 1. The predicted octanol–water partition coefficient (Wildman–Crippen LogP) is 2.60. The van der Waals surface area contributed by atoms with Crippen molar-refractivity contribution >= 4 is 18.5 Å². The van der Waals surface area contributed by atoms with Crippen LogP contribution in [0.4, 0.5) is 4.39 Å². The number of thiol groups is 1. The quantitative estimate of drug-likeness (QED) is 0.644. The maximum Gasteiger partial charge on any atom is 0.254 e. The molecule has 0 atom stereocenters. The molecule has 0 saturated carbocycles. The third-order valence-corrected chi connectivity index (χ3v) is 2.60. The van der Waals surface area contributed by atoms with Gasteiger partial charge in [-0.25, -0.2) is 4.39 Å². The Morgan fingerprint density at radius 1 is 1.59 bits per heavy atom. The highest BCUT2D eigenvalue weighted by Crippen LogP contribution is 2.15. The minimum atomic E-state index is -0.441. The minimum Gasteiger partial charge on any atom is -0.328 e. The lowest BCUT2D eigenvalue weighted by atomic mass is 10.2.